The molecule has 2 atom stereocenters. The minimum atomic E-state index is -0.00611. The van der Waals surface area contributed by atoms with E-state index in [4.69, 9.17) is 17.3 Å². The Morgan fingerprint density at radius 1 is 1.33 bits per heavy atom. The number of likely N-dealkylation sites (tertiary alicyclic amines) is 1. The van der Waals surface area contributed by atoms with E-state index in [1.54, 1.807) is 18.2 Å². The van der Waals surface area contributed by atoms with E-state index in [9.17, 15) is 4.79 Å². The molecule has 1 heterocycles. The van der Waals surface area contributed by atoms with Crippen molar-refractivity contribution in [3.63, 3.8) is 0 Å². The molecule has 1 saturated heterocycles. The van der Waals surface area contributed by atoms with Crippen molar-refractivity contribution in [3.8, 4) is 0 Å². The SMILES string of the molecule is C[C@H]1C[C@H](C)CN(C(=O)c2cc(Cl)ccc2N)C1. The normalized spacial score (nSPS) is 24.1. The highest BCUT2D eigenvalue weighted by Crippen LogP contribution is 2.25. The van der Waals surface area contributed by atoms with Gasteiger partial charge in [0.15, 0.2) is 0 Å². The van der Waals surface area contributed by atoms with Crippen molar-refractivity contribution in [2.45, 2.75) is 20.3 Å². The first-order chi connectivity index (χ1) is 8.47. The summed E-state index contributed by atoms with van der Waals surface area (Å²) in [6.45, 7) is 5.96. The lowest BCUT2D eigenvalue weighted by atomic mass is 9.91. The zero-order valence-corrected chi connectivity index (χ0v) is 11.6. The van der Waals surface area contributed by atoms with Crippen LogP contribution in [-0.4, -0.2) is 23.9 Å². The average Bonchev–Trinajstić information content (AvgIpc) is 2.30. The minimum Gasteiger partial charge on any atom is -0.398 e. The first-order valence-corrected chi connectivity index (χ1v) is 6.69. The van der Waals surface area contributed by atoms with E-state index in [1.807, 2.05) is 4.90 Å². The third-order valence-electron chi connectivity index (χ3n) is 3.40. The van der Waals surface area contributed by atoms with Crippen LogP contribution in [0.3, 0.4) is 0 Å². The highest BCUT2D eigenvalue weighted by molar-refractivity contribution is 6.31. The third kappa shape index (κ3) is 2.78. The number of rotatable bonds is 1. The molecule has 1 aliphatic rings. The van der Waals surface area contributed by atoms with Gasteiger partial charge >= 0.3 is 0 Å². The topological polar surface area (TPSA) is 46.3 Å². The number of benzene rings is 1. The van der Waals surface area contributed by atoms with Gasteiger partial charge in [-0.15, -0.1) is 0 Å². The number of hydrogen-bond acceptors (Lipinski definition) is 2. The maximum atomic E-state index is 12.5. The van der Waals surface area contributed by atoms with Crippen LogP contribution in [0.15, 0.2) is 18.2 Å². The van der Waals surface area contributed by atoms with Gasteiger partial charge in [-0.05, 0) is 36.5 Å². The van der Waals surface area contributed by atoms with Crippen molar-refractivity contribution in [3.05, 3.63) is 28.8 Å². The fourth-order valence-electron chi connectivity index (χ4n) is 2.71. The molecular formula is C14H19ClN2O. The maximum Gasteiger partial charge on any atom is 0.256 e. The summed E-state index contributed by atoms with van der Waals surface area (Å²) in [6, 6.07) is 5.05. The second kappa shape index (κ2) is 5.19. The number of amides is 1. The van der Waals surface area contributed by atoms with Crippen LogP contribution < -0.4 is 5.73 Å². The van der Waals surface area contributed by atoms with Crippen molar-refractivity contribution in [2.24, 2.45) is 11.8 Å². The van der Waals surface area contributed by atoms with E-state index in [2.05, 4.69) is 13.8 Å². The average molecular weight is 267 g/mol. The summed E-state index contributed by atoms with van der Waals surface area (Å²) in [5.74, 6) is 1.07. The summed E-state index contributed by atoms with van der Waals surface area (Å²) in [6.07, 6.45) is 1.18. The first kappa shape index (κ1) is 13.2. The molecule has 0 bridgehead atoms. The zero-order valence-electron chi connectivity index (χ0n) is 10.8. The van der Waals surface area contributed by atoms with E-state index >= 15 is 0 Å². The van der Waals surface area contributed by atoms with Gasteiger partial charge in [-0.25, -0.2) is 0 Å². The van der Waals surface area contributed by atoms with Gasteiger partial charge in [0.05, 0.1) is 5.56 Å². The van der Waals surface area contributed by atoms with Gasteiger partial charge in [0.2, 0.25) is 0 Å². The summed E-state index contributed by atoms with van der Waals surface area (Å²) in [5.41, 5.74) is 6.87. The number of piperidine rings is 1. The highest BCUT2D eigenvalue weighted by atomic mass is 35.5. The van der Waals surface area contributed by atoms with Crippen molar-refractivity contribution < 1.29 is 4.79 Å². The van der Waals surface area contributed by atoms with Crippen LogP contribution in [0.25, 0.3) is 0 Å². The third-order valence-corrected chi connectivity index (χ3v) is 3.64. The van der Waals surface area contributed by atoms with Crippen molar-refractivity contribution in [2.75, 3.05) is 18.8 Å². The Morgan fingerprint density at radius 3 is 2.56 bits per heavy atom. The van der Waals surface area contributed by atoms with Crippen molar-refractivity contribution >= 4 is 23.2 Å². The maximum absolute atomic E-state index is 12.5. The molecule has 0 spiro atoms. The number of carbonyl (C=O) groups excluding carboxylic acids is 1. The monoisotopic (exact) mass is 266 g/mol. The molecule has 2 N–H and O–H groups in total. The quantitative estimate of drug-likeness (QED) is 0.794. The van der Waals surface area contributed by atoms with Crippen molar-refractivity contribution in [1.29, 1.82) is 0 Å². The molecule has 1 aromatic carbocycles. The summed E-state index contributed by atoms with van der Waals surface area (Å²) in [7, 11) is 0. The lowest BCUT2D eigenvalue weighted by Crippen LogP contribution is -2.42. The second-order valence-electron chi connectivity index (χ2n) is 5.39. The fraction of sp³-hybridized carbons (Fsp3) is 0.500. The predicted molar refractivity (Wildman–Crippen MR) is 74.7 cm³/mol. The number of hydrogen-bond donors (Lipinski definition) is 1. The van der Waals surface area contributed by atoms with Gasteiger partial charge < -0.3 is 10.6 Å². The molecule has 0 saturated carbocycles. The van der Waals surface area contributed by atoms with E-state index < -0.39 is 0 Å². The molecule has 1 fully saturated rings. The second-order valence-corrected chi connectivity index (χ2v) is 5.82. The standard InChI is InChI=1S/C14H19ClN2O/c1-9-5-10(2)8-17(7-9)14(18)12-6-11(15)3-4-13(12)16/h3-4,6,9-10H,5,7-8,16H2,1-2H3/t9-,10-/m0/s1. The van der Waals surface area contributed by atoms with Gasteiger partial charge in [-0.3, -0.25) is 4.79 Å². The Labute approximate surface area is 113 Å². The molecule has 18 heavy (non-hydrogen) atoms. The van der Waals surface area contributed by atoms with E-state index in [0.29, 0.717) is 28.1 Å². The van der Waals surface area contributed by atoms with Crippen molar-refractivity contribution in [1.82, 2.24) is 4.90 Å². The molecule has 1 amide bonds. The molecule has 0 radical (unpaired) electrons. The van der Waals surface area contributed by atoms with Gasteiger partial charge in [0, 0.05) is 23.8 Å². The van der Waals surface area contributed by atoms with Crippen LogP contribution in [-0.2, 0) is 0 Å². The van der Waals surface area contributed by atoms with Gasteiger partial charge in [0.25, 0.3) is 5.91 Å². The number of nitrogen functional groups attached to an aromatic ring is 1. The molecule has 1 aromatic rings. The summed E-state index contributed by atoms with van der Waals surface area (Å²) in [5, 5.41) is 0.547. The molecule has 3 nitrogen and oxygen atoms in total. The Kier molecular flexibility index (Phi) is 3.81. The Bertz CT molecular complexity index is 451. The molecule has 2 rings (SSSR count). The Balaban J connectivity index is 2.22. The molecule has 0 aliphatic carbocycles. The zero-order chi connectivity index (χ0) is 13.3. The van der Waals surface area contributed by atoms with Crippen LogP contribution in [0.1, 0.15) is 30.6 Å². The Morgan fingerprint density at radius 2 is 1.94 bits per heavy atom. The smallest absolute Gasteiger partial charge is 0.256 e. The predicted octanol–water partition coefficient (Wildman–Crippen LogP) is 3.04. The lowest BCUT2D eigenvalue weighted by Gasteiger charge is -2.35. The molecule has 1 aliphatic heterocycles. The first-order valence-electron chi connectivity index (χ1n) is 6.31. The lowest BCUT2D eigenvalue weighted by molar-refractivity contribution is 0.0624. The van der Waals surface area contributed by atoms with Crippen LogP contribution in [0.2, 0.25) is 5.02 Å². The molecule has 4 heteroatoms. The van der Waals surface area contributed by atoms with Gasteiger partial charge in [-0.1, -0.05) is 25.4 Å². The number of halogens is 1. The summed E-state index contributed by atoms with van der Waals surface area (Å²) < 4.78 is 0. The Hall–Kier alpha value is -1.22. The van der Waals surface area contributed by atoms with E-state index in [-0.39, 0.29) is 5.91 Å². The fourth-order valence-corrected chi connectivity index (χ4v) is 2.88. The molecule has 0 unspecified atom stereocenters. The van der Waals surface area contributed by atoms with E-state index in [0.717, 1.165) is 13.1 Å². The van der Waals surface area contributed by atoms with Crippen LogP contribution >= 0.6 is 11.6 Å². The molecular weight excluding hydrogens is 248 g/mol. The van der Waals surface area contributed by atoms with Crippen LogP contribution in [0, 0.1) is 11.8 Å². The molecule has 0 aromatic heterocycles. The number of nitrogens with two attached hydrogens (primary N) is 1. The van der Waals surface area contributed by atoms with E-state index in [1.165, 1.54) is 6.42 Å². The summed E-state index contributed by atoms with van der Waals surface area (Å²) >= 11 is 5.93. The summed E-state index contributed by atoms with van der Waals surface area (Å²) in [4.78, 5) is 14.3. The number of anilines is 1. The van der Waals surface area contributed by atoms with Gasteiger partial charge in [0.1, 0.15) is 0 Å². The van der Waals surface area contributed by atoms with Crippen LogP contribution in [0.5, 0.6) is 0 Å². The number of nitrogens with zero attached hydrogens (tertiary/aromatic N) is 1. The number of carbonyl (C=O) groups is 1. The largest absolute Gasteiger partial charge is 0.398 e. The minimum absolute atomic E-state index is 0.00611. The highest BCUT2D eigenvalue weighted by Gasteiger charge is 2.27. The molecule has 98 valence electrons. The van der Waals surface area contributed by atoms with Gasteiger partial charge in [-0.2, -0.15) is 0 Å². The van der Waals surface area contributed by atoms with Crippen LogP contribution in [0.4, 0.5) is 5.69 Å².